The summed E-state index contributed by atoms with van der Waals surface area (Å²) >= 11 is 7.18. The van der Waals surface area contributed by atoms with Crippen molar-refractivity contribution in [3.05, 3.63) is 93.0 Å². The van der Waals surface area contributed by atoms with Gasteiger partial charge in [0.1, 0.15) is 23.0 Å². The maximum Gasteiger partial charge on any atom is 0.305 e. The maximum absolute atomic E-state index is 12.5. The van der Waals surface area contributed by atoms with Crippen LogP contribution in [0.3, 0.4) is 0 Å². The van der Waals surface area contributed by atoms with Crippen LogP contribution in [0, 0.1) is 0 Å². The number of esters is 1. The Labute approximate surface area is 621 Å². The van der Waals surface area contributed by atoms with Gasteiger partial charge in [-0.3, -0.25) is 9.59 Å². The smallest absolute Gasteiger partial charge is 0.305 e. The van der Waals surface area contributed by atoms with Gasteiger partial charge in [-0.2, -0.15) is 0 Å². The number of rotatable bonds is 25. The summed E-state index contributed by atoms with van der Waals surface area (Å²) in [5.41, 5.74) is 5.49. The number of carboxylic acids is 1. The highest BCUT2D eigenvalue weighted by atomic mass is 33.1. The van der Waals surface area contributed by atoms with Crippen LogP contribution in [0.2, 0.25) is 0 Å². The summed E-state index contributed by atoms with van der Waals surface area (Å²) in [5, 5.41) is 64.9. The van der Waals surface area contributed by atoms with Gasteiger partial charge in [0.05, 0.1) is 14.8 Å². The number of aliphatic hydroxyl groups is 1. The van der Waals surface area contributed by atoms with E-state index in [2.05, 4.69) is 229 Å². The van der Waals surface area contributed by atoms with Gasteiger partial charge in [0.2, 0.25) is 0 Å². The van der Waals surface area contributed by atoms with Gasteiger partial charge in [-0.25, -0.2) is 0 Å². The lowest BCUT2D eigenvalue weighted by molar-refractivity contribution is -0.144. The minimum absolute atomic E-state index is 0.0725. The van der Waals surface area contributed by atoms with Gasteiger partial charge in [0, 0.05) is 106 Å². The molecule has 4 aromatic carbocycles. The Hall–Kier alpha value is -2.22. The van der Waals surface area contributed by atoms with Crippen molar-refractivity contribution >= 4 is 102 Å². The number of phenols is 4. The Morgan fingerprint density at radius 2 is 0.680 bits per heavy atom. The van der Waals surface area contributed by atoms with Crippen LogP contribution in [0.25, 0.3) is 0 Å². The van der Waals surface area contributed by atoms with E-state index in [1.54, 1.807) is 47.0 Å². The molecule has 4 aromatic rings. The molecule has 548 valence electrons. The lowest BCUT2D eigenvalue weighted by Crippen LogP contribution is -2.23. The molecule has 0 amide bonds. The molecule has 6 rings (SSSR count). The average molecular weight is 1490 g/mol. The Morgan fingerprint density at radius 1 is 0.412 bits per heavy atom. The zero-order valence-corrected chi connectivity index (χ0v) is 70.8. The van der Waals surface area contributed by atoms with Crippen LogP contribution in [0.1, 0.15) is 302 Å². The first-order valence-electron chi connectivity index (χ1n) is 35.0. The number of phenolic OH excluding ortho intramolecular Hbond substituents is 4. The highest BCUT2D eigenvalue weighted by molar-refractivity contribution is 8.77. The van der Waals surface area contributed by atoms with Gasteiger partial charge in [0.25, 0.3) is 0 Å². The third kappa shape index (κ3) is 27.7. The summed E-state index contributed by atoms with van der Waals surface area (Å²) in [4.78, 5) is 27.2. The third-order valence-corrected chi connectivity index (χ3v) is 28.5. The molecular formula is C80H126O9S8. The van der Waals surface area contributed by atoms with Gasteiger partial charge in [-0.05, 0) is 171 Å². The molecule has 2 heterocycles. The molecule has 2 atom stereocenters. The number of carbonyl (C=O) groups excluding carboxylic acids is 1. The zero-order chi connectivity index (χ0) is 73.9. The molecule has 2 aliphatic rings. The van der Waals surface area contributed by atoms with Crippen molar-refractivity contribution in [2.24, 2.45) is 0 Å². The molecule has 2 saturated heterocycles. The first kappa shape index (κ1) is 87.2. The fourth-order valence-corrected chi connectivity index (χ4v) is 23.0. The molecule has 2 unspecified atom stereocenters. The van der Waals surface area contributed by atoms with Crippen LogP contribution >= 0.6 is 90.2 Å². The van der Waals surface area contributed by atoms with Gasteiger partial charge >= 0.3 is 11.9 Å². The fraction of sp³-hybridized carbons (Fsp3) is 0.675. The number of unbranched alkanes of at least 4 members (excludes halogenated alkanes) is 2. The predicted molar refractivity (Wildman–Crippen MR) is 431 cm³/mol. The van der Waals surface area contributed by atoms with Crippen molar-refractivity contribution in [2.75, 3.05) is 24.7 Å². The van der Waals surface area contributed by atoms with Crippen molar-refractivity contribution < 1.29 is 45.0 Å². The highest BCUT2D eigenvalue weighted by Crippen LogP contribution is 2.54. The largest absolute Gasteiger partial charge is 0.507 e. The van der Waals surface area contributed by atoms with E-state index in [-0.39, 0.29) is 58.6 Å². The van der Waals surface area contributed by atoms with Crippen molar-refractivity contribution in [3.63, 3.8) is 0 Å². The summed E-state index contributed by atoms with van der Waals surface area (Å²) in [6, 6.07) is 17.1. The quantitative estimate of drug-likeness (QED) is 0.0122. The summed E-state index contributed by atoms with van der Waals surface area (Å²) in [6.07, 6.45) is 10.9. The SMILES string of the molecule is CC(C)(Sc1cc(C(C)(C)C)c(O)c(C(C)(C)C)c1)Sc1cc(C(C)(C)C)c(O)c(C(C)(C)CCO)c1.CC(C)(Sc1cc(C(C)(C)C)c(O)c(C(C)(C)C)c1)Sc1cc(C(C)(C)C)c(O)c(C(C)(C)CCOC(=O)CCCCC2CCSS2)c1.O=C(O)CCCCC1CCSS1. The van der Waals surface area contributed by atoms with Crippen LogP contribution in [-0.4, -0.2) is 86.0 Å². The Morgan fingerprint density at radius 3 is 0.938 bits per heavy atom. The first-order valence-corrected chi connectivity index (χ1v) is 43.0. The van der Waals surface area contributed by atoms with Gasteiger partial charge < -0.3 is 35.4 Å². The number of thioether (sulfide) groups is 4. The van der Waals surface area contributed by atoms with Crippen LogP contribution in [-0.2, 0) is 57.6 Å². The lowest BCUT2D eigenvalue weighted by atomic mass is 9.77. The second-order valence-electron chi connectivity index (χ2n) is 34.9. The van der Waals surface area contributed by atoms with E-state index in [0.29, 0.717) is 55.3 Å². The fourth-order valence-electron chi connectivity index (χ4n) is 11.8. The average Bonchev–Trinajstić information content (AvgIpc) is 1.18. The van der Waals surface area contributed by atoms with Crippen molar-refractivity contribution in [1.29, 1.82) is 0 Å². The predicted octanol–water partition coefficient (Wildman–Crippen LogP) is 24.6. The van der Waals surface area contributed by atoms with Gasteiger partial charge in [0.15, 0.2) is 0 Å². The molecule has 0 radical (unpaired) electrons. The number of aliphatic hydroxyl groups excluding tert-OH is 1. The van der Waals surface area contributed by atoms with E-state index in [1.807, 2.05) is 43.2 Å². The number of hydrogen-bond acceptors (Lipinski definition) is 16. The monoisotopic (exact) mass is 1490 g/mol. The Balaban J connectivity index is 0.000000359. The molecule has 17 heteroatoms. The second kappa shape index (κ2) is 35.5. The number of carboxylic acid groups (broad SMARTS) is 1. The second-order valence-corrected chi connectivity index (χ2v) is 47.8. The van der Waals surface area contributed by atoms with Crippen LogP contribution in [0.4, 0.5) is 0 Å². The van der Waals surface area contributed by atoms with Gasteiger partial charge in [-0.1, -0.05) is 208 Å². The van der Waals surface area contributed by atoms with Crippen LogP contribution < -0.4 is 0 Å². The van der Waals surface area contributed by atoms with Gasteiger partial charge in [-0.15, -0.1) is 47.0 Å². The number of benzene rings is 4. The molecule has 0 aromatic heterocycles. The number of aliphatic carboxylic acids is 1. The molecule has 2 aliphatic heterocycles. The van der Waals surface area contributed by atoms with Crippen LogP contribution in [0.15, 0.2) is 68.1 Å². The first-order chi connectivity index (χ1) is 44.2. The molecule has 97 heavy (non-hydrogen) atoms. The van der Waals surface area contributed by atoms with E-state index in [4.69, 9.17) is 9.84 Å². The maximum atomic E-state index is 12.5. The van der Waals surface area contributed by atoms with Crippen molar-refractivity contribution in [2.45, 2.75) is 339 Å². The van der Waals surface area contributed by atoms with E-state index < -0.39 is 11.4 Å². The summed E-state index contributed by atoms with van der Waals surface area (Å²) in [7, 11) is 7.88. The van der Waals surface area contributed by atoms with Crippen molar-refractivity contribution in [3.8, 4) is 23.0 Å². The van der Waals surface area contributed by atoms with Crippen molar-refractivity contribution in [1.82, 2.24) is 0 Å². The van der Waals surface area contributed by atoms with E-state index >= 15 is 0 Å². The minimum atomic E-state index is -0.663. The molecule has 0 spiro atoms. The molecule has 0 aliphatic carbocycles. The molecule has 9 nitrogen and oxygen atoms in total. The topological polar surface area (TPSA) is 165 Å². The standard InChI is InChI=1S/C40H62O4S4.C32H50O3S2.C8H14O2S2/c1-36(2,3)29-22-27(23-30(34(29)42)37(4,5)6)46-40(12,13)47-28-24-31(38(7,8)9)35(43)32(25-28)39(10,11)19-20-44-33(41)17-15-14-16-26-18-21-45-48-26;1-28(2,3)22-16-20(17-23(26(22)34)29(4,5)6)36-32(12,13)37-21-18-24(30(7,8)9)27(35)25(19-21)31(10,11)14-15-33;9-8(10)4-2-1-3-7-5-6-11-12-7/h22-26,42-43H,14-21H2,1-13H3;16-19,33-35H,14-15H2,1-13H3;7H,1-6H2,(H,9,10). The van der Waals surface area contributed by atoms with Crippen LogP contribution in [0.5, 0.6) is 23.0 Å². The number of aromatic hydroxyl groups is 4. The van der Waals surface area contributed by atoms with E-state index in [1.165, 1.54) is 37.2 Å². The molecule has 0 saturated carbocycles. The molecule has 6 N–H and O–H groups in total. The summed E-state index contributed by atoms with van der Waals surface area (Å²) < 4.78 is 5.24. The van der Waals surface area contributed by atoms with E-state index in [0.717, 1.165) is 100 Å². The number of hydrogen-bond donors (Lipinski definition) is 6. The summed E-state index contributed by atoms with van der Waals surface area (Å²) in [6.45, 7) is 56.3. The normalized spacial score (nSPS) is 16.2. The van der Waals surface area contributed by atoms with E-state index in [9.17, 15) is 35.1 Å². The Kier molecular flexibility index (Phi) is 31.9. The molecule has 2 fully saturated rings. The third-order valence-electron chi connectivity index (χ3n) is 17.6. The molecule has 0 bridgehead atoms. The number of ether oxygens (including phenoxy) is 1. The number of carbonyl (C=O) groups is 2. The molecular weight excluding hydrogens is 1360 g/mol. The lowest BCUT2D eigenvalue weighted by Gasteiger charge is -2.32. The highest BCUT2D eigenvalue weighted by Gasteiger charge is 2.36. The Bertz CT molecular complexity index is 3150. The summed E-state index contributed by atoms with van der Waals surface area (Å²) in [5.74, 6) is 3.20. The zero-order valence-electron chi connectivity index (χ0n) is 64.3. The minimum Gasteiger partial charge on any atom is -0.507 e.